The van der Waals surface area contributed by atoms with Gasteiger partial charge in [0.25, 0.3) is 10.0 Å². The van der Waals surface area contributed by atoms with Gasteiger partial charge in [-0.1, -0.05) is 63.4 Å². The third kappa shape index (κ3) is 8.06. The van der Waals surface area contributed by atoms with Crippen molar-refractivity contribution in [3.63, 3.8) is 0 Å². The molecule has 0 heterocycles. The van der Waals surface area contributed by atoms with E-state index in [9.17, 15) is 18.0 Å². The van der Waals surface area contributed by atoms with Gasteiger partial charge in [0.1, 0.15) is 12.6 Å². The molecule has 0 aliphatic rings. The third-order valence-electron chi connectivity index (χ3n) is 5.97. The molecule has 208 valence electrons. The maximum Gasteiger partial charge on any atom is 0.264 e. The van der Waals surface area contributed by atoms with Gasteiger partial charge in [0.15, 0.2) is 0 Å². The summed E-state index contributed by atoms with van der Waals surface area (Å²) in [7, 11) is -4.12. The fraction of sp³-hybridized carbons (Fsp3) is 0.310. The topological polar surface area (TPSA) is 86.8 Å². The maximum absolute atomic E-state index is 13.9. The fourth-order valence-electron chi connectivity index (χ4n) is 3.84. The average molecular weight is 635 g/mol. The predicted molar refractivity (Wildman–Crippen MR) is 159 cm³/mol. The molecule has 10 heteroatoms. The van der Waals surface area contributed by atoms with Gasteiger partial charge in [-0.3, -0.25) is 13.9 Å². The molecule has 0 aliphatic heterocycles. The van der Waals surface area contributed by atoms with Crippen molar-refractivity contribution < 1.29 is 18.0 Å². The standard InChI is InChI=1S/C29H33BrClN3O4S/c1-20-10-16-25(17-11-20)39(37,38)34(24-14-12-23(30)13-15-24)19-27(35)33(18-22-8-6-7-9-26(22)31)21(2)28(36)32-29(3,4)5/h6-17,21H,18-19H2,1-5H3,(H,32,36)/t21-/m0/s1. The second-order valence-electron chi connectivity index (χ2n) is 10.3. The Labute approximate surface area is 244 Å². The largest absolute Gasteiger partial charge is 0.350 e. The first-order valence-corrected chi connectivity index (χ1v) is 15.0. The van der Waals surface area contributed by atoms with Crippen molar-refractivity contribution >= 4 is 55.1 Å². The van der Waals surface area contributed by atoms with Gasteiger partial charge in [0, 0.05) is 21.6 Å². The van der Waals surface area contributed by atoms with E-state index in [-0.39, 0.29) is 17.3 Å². The van der Waals surface area contributed by atoms with Crippen LogP contribution >= 0.6 is 27.5 Å². The molecule has 0 saturated carbocycles. The zero-order valence-corrected chi connectivity index (χ0v) is 25.8. The van der Waals surface area contributed by atoms with Gasteiger partial charge in [0.2, 0.25) is 11.8 Å². The highest BCUT2D eigenvalue weighted by Gasteiger charge is 2.33. The van der Waals surface area contributed by atoms with E-state index in [1.807, 2.05) is 27.7 Å². The summed E-state index contributed by atoms with van der Waals surface area (Å²) in [5, 5.41) is 3.34. The van der Waals surface area contributed by atoms with E-state index in [4.69, 9.17) is 11.6 Å². The third-order valence-corrected chi connectivity index (χ3v) is 8.65. The average Bonchev–Trinajstić information content (AvgIpc) is 2.86. The molecular weight excluding hydrogens is 602 g/mol. The summed E-state index contributed by atoms with van der Waals surface area (Å²) in [6.07, 6.45) is 0. The molecule has 3 aromatic rings. The number of sulfonamides is 1. The lowest BCUT2D eigenvalue weighted by atomic mass is 10.1. The van der Waals surface area contributed by atoms with E-state index in [0.29, 0.717) is 16.3 Å². The smallest absolute Gasteiger partial charge is 0.264 e. The second kappa shape index (κ2) is 12.5. The van der Waals surface area contributed by atoms with Crippen LogP contribution in [0.15, 0.2) is 82.2 Å². The molecular formula is C29H33BrClN3O4S. The molecule has 7 nitrogen and oxygen atoms in total. The van der Waals surface area contributed by atoms with Gasteiger partial charge >= 0.3 is 0 Å². The monoisotopic (exact) mass is 633 g/mol. The van der Waals surface area contributed by atoms with Gasteiger partial charge < -0.3 is 10.2 Å². The summed E-state index contributed by atoms with van der Waals surface area (Å²) in [6, 6.07) is 19.2. The summed E-state index contributed by atoms with van der Waals surface area (Å²) in [6.45, 7) is 8.53. The number of anilines is 1. The Morgan fingerprint density at radius 3 is 2.13 bits per heavy atom. The number of aryl methyl sites for hydroxylation is 1. The Hall–Kier alpha value is -2.88. The van der Waals surface area contributed by atoms with Crippen LogP contribution in [-0.4, -0.2) is 43.3 Å². The van der Waals surface area contributed by atoms with Gasteiger partial charge in [0.05, 0.1) is 10.6 Å². The molecule has 39 heavy (non-hydrogen) atoms. The summed E-state index contributed by atoms with van der Waals surface area (Å²) in [4.78, 5) is 28.5. The van der Waals surface area contributed by atoms with Gasteiger partial charge in [-0.05, 0) is 82.6 Å². The van der Waals surface area contributed by atoms with Crippen LogP contribution in [0.3, 0.4) is 0 Å². The lowest BCUT2D eigenvalue weighted by molar-refractivity contribution is -0.140. The number of hydrogen-bond donors (Lipinski definition) is 1. The van der Waals surface area contributed by atoms with Crippen molar-refractivity contribution in [3.8, 4) is 0 Å². The molecule has 0 aromatic heterocycles. The number of carbonyl (C=O) groups excluding carboxylic acids is 2. The fourth-order valence-corrected chi connectivity index (χ4v) is 5.71. The predicted octanol–water partition coefficient (Wildman–Crippen LogP) is 5.94. The van der Waals surface area contributed by atoms with Crippen molar-refractivity contribution in [2.75, 3.05) is 10.8 Å². The summed E-state index contributed by atoms with van der Waals surface area (Å²) in [5.74, 6) is -0.912. The van der Waals surface area contributed by atoms with E-state index in [2.05, 4.69) is 21.2 Å². The number of halogens is 2. The van der Waals surface area contributed by atoms with Crippen LogP contribution in [0, 0.1) is 6.92 Å². The van der Waals surface area contributed by atoms with Gasteiger partial charge in [-0.2, -0.15) is 0 Å². The Balaban J connectivity index is 2.04. The van der Waals surface area contributed by atoms with Crippen molar-refractivity contribution in [1.82, 2.24) is 10.2 Å². The van der Waals surface area contributed by atoms with E-state index < -0.39 is 34.1 Å². The van der Waals surface area contributed by atoms with Crippen LogP contribution < -0.4 is 9.62 Å². The minimum atomic E-state index is -4.12. The first kappa shape index (κ1) is 30.7. The minimum absolute atomic E-state index is 0.0238. The normalized spacial score (nSPS) is 12.5. The number of nitrogens with one attached hydrogen (secondary N) is 1. The summed E-state index contributed by atoms with van der Waals surface area (Å²) >= 11 is 9.77. The molecule has 1 N–H and O–H groups in total. The van der Waals surface area contributed by atoms with Crippen molar-refractivity contribution in [1.29, 1.82) is 0 Å². The minimum Gasteiger partial charge on any atom is -0.350 e. The lowest BCUT2D eigenvalue weighted by Crippen LogP contribution is -2.54. The van der Waals surface area contributed by atoms with Crippen LogP contribution in [0.2, 0.25) is 5.02 Å². The Kier molecular flexibility index (Phi) is 9.85. The van der Waals surface area contributed by atoms with E-state index in [1.54, 1.807) is 67.6 Å². The summed E-state index contributed by atoms with van der Waals surface area (Å²) in [5.41, 5.74) is 1.34. The Bertz CT molecular complexity index is 1420. The van der Waals surface area contributed by atoms with E-state index >= 15 is 0 Å². The molecule has 0 bridgehead atoms. The van der Waals surface area contributed by atoms with Crippen LogP contribution in [0.5, 0.6) is 0 Å². The number of nitrogens with zero attached hydrogens (tertiary/aromatic N) is 2. The second-order valence-corrected chi connectivity index (χ2v) is 13.5. The van der Waals surface area contributed by atoms with Crippen LogP contribution in [0.1, 0.15) is 38.8 Å². The SMILES string of the molecule is Cc1ccc(S(=O)(=O)N(CC(=O)N(Cc2ccccc2Cl)[C@@H](C)C(=O)NC(C)(C)C)c2ccc(Br)cc2)cc1. The van der Waals surface area contributed by atoms with Crippen LogP contribution in [0.25, 0.3) is 0 Å². The molecule has 0 fully saturated rings. The first-order valence-electron chi connectivity index (χ1n) is 12.4. The highest BCUT2D eigenvalue weighted by Crippen LogP contribution is 2.27. The first-order chi connectivity index (χ1) is 18.2. The molecule has 0 saturated heterocycles. The molecule has 0 spiro atoms. The van der Waals surface area contributed by atoms with Crippen LogP contribution in [0.4, 0.5) is 5.69 Å². The number of rotatable bonds is 9. The Morgan fingerprint density at radius 2 is 1.56 bits per heavy atom. The highest BCUT2D eigenvalue weighted by atomic mass is 79.9. The molecule has 3 rings (SSSR count). The van der Waals surface area contributed by atoms with Gasteiger partial charge in [-0.15, -0.1) is 0 Å². The van der Waals surface area contributed by atoms with Crippen molar-refractivity contribution in [3.05, 3.63) is 93.4 Å². The molecule has 0 aliphatic carbocycles. The zero-order chi connectivity index (χ0) is 29.0. The molecule has 2 amide bonds. The number of benzene rings is 3. The van der Waals surface area contributed by atoms with Crippen LogP contribution in [-0.2, 0) is 26.2 Å². The van der Waals surface area contributed by atoms with Crippen molar-refractivity contribution in [2.24, 2.45) is 0 Å². The number of amides is 2. The van der Waals surface area contributed by atoms with E-state index in [1.165, 1.54) is 17.0 Å². The maximum atomic E-state index is 13.9. The quantitative estimate of drug-likeness (QED) is 0.316. The molecule has 0 radical (unpaired) electrons. The van der Waals surface area contributed by atoms with Gasteiger partial charge in [-0.25, -0.2) is 8.42 Å². The number of carbonyl (C=O) groups is 2. The lowest BCUT2D eigenvalue weighted by Gasteiger charge is -2.33. The molecule has 0 unspecified atom stereocenters. The zero-order valence-electron chi connectivity index (χ0n) is 22.6. The van der Waals surface area contributed by atoms with E-state index in [0.717, 1.165) is 14.3 Å². The summed E-state index contributed by atoms with van der Waals surface area (Å²) < 4.78 is 29.5. The Morgan fingerprint density at radius 1 is 0.974 bits per heavy atom. The highest BCUT2D eigenvalue weighted by molar-refractivity contribution is 9.10. The molecule has 3 aromatic carbocycles. The van der Waals surface area contributed by atoms with Crippen molar-refractivity contribution in [2.45, 2.75) is 57.6 Å². The molecule has 1 atom stereocenters. The number of hydrogen-bond acceptors (Lipinski definition) is 4.